The zero-order valence-corrected chi connectivity index (χ0v) is 15.4. The van der Waals surface area contributed by atoms with Crippen molar-refractivity contribution in [2.24, 2.45) is 0 Å². The van der Waals surface area contributed by atoms with E-state index < -0.39 is 16.1 Å². The van der Waals surface area contributed by atoms with Crippen molar-refractivity contribution in [2.45, 2.75) is 45.8 Å². The molecule has 0 aliphatic rings. The number of amides is 1. The lowest BCUT2D eigenvalue weighted by Gasteiger charge is -2.25. The molecule has 1 rings (SSSR count). The standard InChI is InChI=1S/C16H26N2O4S/c1-7-14(15(19)17-16(2,3)4)22-13-10-8-12(9-11-13)18(5)23(6,20)21/h8-11,14H,7H2,1-6H3,(H,17,19)/t14-/m1/s1. The van der Waals surface area contributed by atoms with Crippen LogP contribution in [-0.2, 0) is 14.8 Å². The molecular weight excluding hydrogens is 316 g/mol. The molecule has 1 amide bonds. The van der Waals surface area contributed by atoms with E-state index in [2.05, 4.69) is 5.32 Å². The molecule has 0 spiro atoms. The Bertz CT molecular complexity index is 633. The Balaban J connectivity index is 2.82. The minimum atomic E-state index is -3.30. The summed E-state index contributed by atoms with van der Waals surface area (Å²) in [4.78, 5) is 12.2. The van der Waals surface area contributed by atoms with Gasteiger partial charge >= 0.3 is 0 Å². The molecule has 1 N–H and O–H groups in total. The van der Waals surface area contributed by atoms with E-state index in [-0.39, 0.29) is 11.4 Å². The summed E-state index contributed by atoms with van der Waals surface area (Å²) < 4.78 is 29.9. The number of hydrogen-bond donors (Lipinski definition) is 1. The second-order valence-corrected chi connectivity index (χ2v) is 8.49. The number of ether oxygens (including phenoxy) is 1. The highest BCUT2D eigenvalue weighted by atomic mass is 32.2. The maximum absolute atomic E-state index is 12.2. The summed E-state index contributed by atoms with van der Waals surface area (Å²) in [5.41, 5.74) is 0.211. The minimum Gasteiger partial charge on any atom is -0.481 e. The highest BCUT2D eigenvalue weighted by Gasteiger charge is 2.23. The predicted molar refractivity (Wildman–Crippen MR) is 92.3 cm³/mol. The van der Waals surface area contributed by atoms with Gasteiger partial charge in [0.25, 0.3) is 5.91 Å². The first-order valence-corrected chi connectivity index (χ1v) is 9.31. The van der Waals surface area contributed by atoms with Gasteiger partial charge < -0.3 is 10.1 Å². The van der Waals surface area contributed by atoms with Crippen LogP contribution in [0.25, 0.3) is 0 Å². The van der Waals surface area contributed by atoms with Crippen LogP contribution in [0.2, 0.25) is 0 Å². The zero-order chi connectivity index (χ0) is 17.8. The Morgan fingerprint density at radius 3 is 2.17 bits per heavy atom. The molecule has 1 aromatic rings. The van der Waals surface area contributed by atoms with Crippen LogP contribution in [0.3, 0.4) is 0 Å². The summed E-state index contributed by atoms with van der Waals surface area (Å²) in [7, 11) is -1.82. The Morgan fingerprint density at radius 1 is 1.26 bits per heavy atom. The van der Waals surface area contributed by atoms with Crippen LogP contribution in [0.1, 0.15) is 34.1 Å². The van der Waals surface area contributed by atoms with Crippen LogP contribution in [0.4, 0.5) is 5.69 Å². The third-order valence-electron chi connectivity index (χ3n) is 3.14. The van der Waals surface area contributed by atoms with Crippen molar-refractivity contribution < 1.29 is 17.9 Å². The molecule has 0 radical (unpaired) electrons. The number of carbonyl (C=O) groups is 1. The molecule has 0 unspecified atom stereocenters. The van der Waals surface area contributed by atoms with Crippen LogP contribution in [0.15, 0.2) is 24.3 Å². The number of carbonyl (C=O) groups excluding carboxylic acids is 1. The predicted octanol–water partition coefficient (Wildman–Crippen LogP) is 2.15. The van der Waals surface area contributed by atoms with E-state index in [4.69, 9.17) is 4.74 Å². The van der Waals surface area contributed by atoms with Crippen LogP contribution in [0, 0.1) is 0 Å². The van der Waals surface area contributed by atoms with Gasteiger partial charge in [-0.3, -0.25) is 9.10 Å². The van der Waals surface area contributed by atoms with E-state index in [0.717, 1.165) is 6.26 Å². The van der Waals surface area contributed by atoms with Crippen molar-refractivity contribution in [3.63, 3.8) is 0 Å². The Kier molecular flexibility index (Phi) is 6.04. The van der Waals surface area contributed by atoms with Crippen LogP contribution in [-0.4, -0.2) is 39.3 Å². The number of anilines is 1. The molecule has 0 bridgehead atoms. The lowest BCUT2D eigenvalue weighted by molar-refractivity contribution is -0.129. The largest absolute Gasteiger partial charge is 0.481 e. The average molecular weight is 342 g/mol. The molecule has 0 aliphatic carbocycles. The molecule has 23 heavy (non-hydrogen) atoms. The summed E-state index contributed by atoms with van der Waals surface area (Å²) in [6, 6.07) is 6.60. The van der Waals surface area contributed by atoms with E-state index in [9.17, 15) is 13.2 Å². The van der Waals surface area contributed by atoms with Gasteiger partial charge in [-0.05, 0) is 51.5 Å². The van der Waals surface area contributed by atoms with Gasteiger partial charge in [0, 0.05) is 12.6 Å². The molecule has 0 saturated heterocycles. The normalized spacial score (nSPS) is 13.3. The molecule has 6 nitrogen and oxygen atoms in total. The topological polar surface area (TPSA) is 75.7 Å². The number of sulfonamides is 1. The number of nitrogens with zero attached hydrogens (tertiary/aromatic N) is 1. The van der Waals surface area contributed by atoms with Gasteiger partial charge in [-0.2, -0.15) is 0 Å². The number of hydrogen-bond acceptors (Lipinski definition) is 4. The van der Waals surface area contributed by atoms with Gasteiger partial charge in [0.2, 0.25) is 10.0 Å². The molecule has 1 atom stereocenters. The van der Waals surface area contributed by atoms with Crippen molar-refractivity contribution in [2.75, 3.05) is 17.6 Å². The second-order valence-electron chi connectivity index (χ2n) is 6.48. The molecular formula is C16H26N2O4S. The molecule has 0 aliphatic heterocycles. The monoisotopic (exact) mass is 342 g/mol. The Labute approximate surface area is 138 Å². The molecule has 0 saturated carbocycles. The molecule has 0 aromatic heterocycles. The lowest BCUT2D eigenvalue weighted by Crippen LogP contribution is -2.47. The summed E-state index contributed by atoms with van der Waals surface area (Å²) in [5.74, 6) is 0.351. The maximum atomic E-state index is 12.2. The smallest absolute Gasteiger partial charge is 0.261 e. The van der Waals surface area contributed by atoms with Crippen molar-refractivity contribution in [3.8, 4) is 5.75 Å². The number of benzene rings is 1. The van der Waals surface area contributed by atoms with Crippen LogP contribution in [0.5, 0.6) is 5.75 Å². The molecule has 7 heteroatoms. The van der Waals surface area contributed by atoms with E-state index in [1.54, 1.807) is 24.3 Å². The van der Waals surface area contributed by atoms with E-state index >= 15 is 0 Å². The fourth-order valence-corrected chi connectivity index (χ4v) is 2.37. The van der Waals surface area contributed by atoms with Crippen molar-refractivity contribution in [3.05, 3.63) is 24.3 Å². The second kappa shape index (κ2) is 7.21. The third-order valence-corrected chi connectivity index (χ3v) is 4.34. The quantitative estimate of drug-likeness (QED) is 0.859. The van der Waals surface area contributed by atoms with Gasteiger partial charge in [0.05, 0.1) is 11.9 Å². The van der Waals surface area contributed by atoms with Crippen molar-refractivity contribution in [1.29, 1.82) is 0 Å². The van der Waals surface area contributed by atoms with E-state index in [0.29, 0.717) is 17.9 Å². The highest BCUT2D eigenvalue weighted by Crippen LogP contribution is 2.21. The first-order valence-electron chi connectivity index (χ1n) is 7.46. The lowest BCUT2D eigenvalue weighted by atomic mass is 10.1. The Morgan fingerprint density at radius 2 is 1.78 bits per heavy atom. The van der Waals surface area contributed by atoms with Crippen molar-refractivity contribution in [1.82, 2.24) is 5.32 Å². The maximum Gasteiger partial charge on any atom is 0.261 e. The van der Waals surface area contributed by atoms with Crippen LogP contribution < -0.4 is 14.4 Å². The van der Waals surface area contributed by atoms with E-state index in [1.807, 2.05) is 27.7 Å². The van der Waals surface area contributed by atoms with Gasteiger partial charge in [0.15, 0.2) is 6.10 Å². The summed E-state index contributed by atoms with van der Waals surface area (Å²) >= 11 is 0. The summed E-state index contributed by atoms with van der Waals surface area (Å²) in [5, 5.41) is 2.89. The van der Waals surface area contributed by atoms with Crippen LogP contribution >= 0.6 is 0 Å². The van der Waals surface area contributed by atoms with Gasteiger partial charge in [0.1, 0.15) is 5.75 Å². The van der Waals surface area contributed by atoms with Gasteiger partial charge in [-0.15, -0.1) is 0 Å². The molecule has 0 heterocycles. The Hall–Kier alpha value is -1.76. The summed E-state index contributed by atoms with van der Waals surface area (Å²) in [6.45, 7) is 7.60. The van der Waals surface area contributed by atoms with Crippen molar-refractivity contribution >= 4 is 21.6 Å². The summed E-state index contributed by atoms with van der Waals surface area (Å²) in [6.07, 6.45) is 1.08. The number of rotatable bonds is 6. The third kappa shape index (κ3) is 6.09. The first-order chi connectivity index (χ1) is 10.4. The SMILES string of the molecule is CC[C@@H](Oc1ccc(N(C)S(C)(=O)=O)cc1)C(=O)NC(C)(C)C. The van der Waals surface area contributed by atoms with Gasteiger partial charge in [-0.1, -0.05) is 6.92 Å². The zero-order valence-electron chi connectivity index (χ0n) is 14.6. The molecule has 1 aromatic carbocycles. The molecule has 0 fully saturated rings. The fourth-order valence-electron chi connectivity index (χ4n) is 1.86. The van der Waals surface area contributed by atoms with Gasteiger partial charge in [-0.25, -0.2) is 8.42 Å². The minimum absolute atomic E-state index is 0.169. The fraction of sp³-hybridized carbons (Fsp3) is 0.562. The molecule has 130 valence electrons. The number of nitrogens with one attached hydrogen (secondary N) is 1. The average Bonchev–Trinajstić information content (AvgIpc) is 2.41. The van der Waals surface area contributed by atoms with E-state index in [1.165, 1.54) is 11.4 Å². The highest BCUT2D eigenvalue weighted by molar-refractivity contribution is 7.92. The first kappa shape index (κ1) is 19.3.